The van der Waals surface area contributed by atoms with Gasteiger partial charge in [0.2, 0.25) is 5.91 Å². The molecule has 3 nitrogen and oxygen atoms in total. The van der Waals surface area contributed by atoms with E-state index < -0.39 is 0 Å². The molecule has 2 heterocycles. The molecule has 0 N–H and O–H groups in total. The van der Waals surface area contributed by atoms with Crippen molar-refractivity contribution >= 4 is 17.2 Å². The Balaban J connectivity index is 1.46. The van der Waals surface area contributed by atoms with Gasteiger partial charge in [-0.2, -0.15) is 0 Å². The maximum Gasteiger partial charge on any atom is 0.236 e. The summed E-state index contributed by atoms with van der Waals surface area (Å²) in [6.07, 6.45) is 2.29. The fraction of sp³-hybridized carbons (Fsp3) is 0.421. The summed E-state index contributed by atoms with van der Waals surface area (Å²) in [5.41, 5.74) is 1.44. The number of piperidine rings is 1. The Morgan fingerprint density at radius 1 is 1.17 bits per heavy atom. The summed E-state index contributed by atoms with van der Waals surface area (Å²) in [5.74, 6) is 0.864. The van der Waals surface area contributed by atoms with Crippen LogP contribution in [0.25, 0.3) is 0 Å². The molecule has 1 aromatic heterocycles. The number of hydrogen-bond acceptors (Lipinski definition) is 3. The predicted molar refractivity (Wildman–Crippen MR) is 95.7 cm³/mol. The molecule has 4 heteroatoms. The highest BCUT2D eigenvalue weighted by molar-refractivity contribution is 7.09. The fourth-order valence-electron chi connectivity index (χ4n) is 3.19. The molecule has 0 aliphatic carbocycles. The van der Waals surface area contributed by atoms with Gasteiger partial charge < -0.3 is 4.90 Å². The minimum Gasteiger partial charge on any atom is -0.340 e. The number of carbonyl (C=O) groups is 1. The topological polar surface area (TPSA) is 23.6 Å². The van der Waals surface area contributed by atoms with E-state index in [4.69, 9.17) is 0 Å². The number of benzene rings is 1. The largest absolute Gasteiger partial charge is 0.340 e. The van der Waals surface area contributed by atoms with Gasteiger partial charge in [0.1, 0.15) is 0 Å². The van der Waals surface area contributed by atoms with Gasteiger partial charge in [0.15, 0.2) is 0 Å². The van der Waals surface area contributed by atoms with Crippen molar-refractivity contribution in [2.45, 2.75) is 25.3 Å². The van der Waals surface area contributed by atoms with Crippen LogP contribution in [-0.2, 0) is 11.3 Å². The van der Waals surface area contributed by atoms with Crippen LogP contribution < -0.4 is 0 Å². The first-order valence-corrected chi connectivity index (χ1v) is 9.14. The molecular formula is C19H24N2OS. The molecule has 3 rings (SSSR count). The molecule has 1 aliphatic rings. The molecule has 0 unspecified atom stereocenters. The van der Waals surface area contributed by atoms with E-state index in [1.54, 1.807) is 11.3 Å². The van der Waals surface area contributed by atoms with Gasteiger partial charge >= 0.3 is 0 Å². The third kappa shape index (κ3) is 4.43. The Hall–Kier alpha value is -1.65. The van der Waals surface area contributed by atoms with Gasteiger partial charge in [0, 0.05) is 11.9 Å². The SMILES string of the molecule is CN(Cc1cccs1)C(=O)CN1CCC(c2ccccc2)CC1. The van der Waals surface area contributed by atoms with Crippen LogP contribution >= 0.6 is 11.3 Å². The standard InChI is InChI=1S/C19H24N2OS/c1-20(14-18-8-5-13-23-18)19(22)15-21-11-9-17(10-12-21)16-6-3-2-4-7-16/h2-8,13,17H,9-12,14-15H2,1H3. The van der Waals surface area contributed by atoms with Gasteiger partial charge in [-0.25, -0.2) is 0 Å². The maximum atomic E-state index is 12.4. The van der Waals surface area contributed by atoms with Gasteiger partial charge in [0.05, 0.1) is 13.1 Å². The number of likely N-dealkylation sites (tertiary alicyclic amines) is 1. The monoisotopic (exact) mass is 328 g/mol. The Bertz CT molecular complexity index is 604. The van der Waals surface area contributed by atoms with E-state index in [0.717, 1.165) is 32.5 Å². The number of rotatable bonds is 5. The van der Waals surface area contributed by atoms with Crippen molar-refractivity contribution in [1.82, 2.24) is 9.80 Å². The lowest BCUT2D eigenvalue weighted by molar-refractivity contribution is -0.131. The third-order valence-electron chi connectivity index (χ3n) is 4.62. The molecule has 0 radical (unpaired) electrons. The van der Waals surface area contributed by atoms with E-state index in [0.29, 0.717) is 12.5 Å². The summed E-state index contributed by atoms with van der Waals surface area (Å²) in [7, 11) is 1.90. The van der Waals surface area contributed by atoms with Crippen LogP contribution in [0.3, 0.4) is 0 Å². The van der Waals surface area contributed by atoms with E-state index >= 15 is 0 Å². The first-order chi connectivity index (χ1) is 11.2. The number of likely N-dealkylation sites (N-methyl/N-ethyl adjacent to an activating group) is 1. The number of nitrogens with zero attached hydrogens (tertiary/aromatic N) is 2. The van der Waals surface area contributed by atoms with Gasteiger partial charge in [-0.3, -0.25) is 9.69 Å². The zero-order valence-electron chi connectivity index (χ0n) is 13.6. The molecule has 122 valence electrons. The summed E-state index contributed by atoms with van der Waals surface area (Å²) in [6.45, 7) is 3.29. The Morgan fingerprint density at radius 2 is 1.91 bits per heavy atom. The zero-order valence-corrected chi connectivity index (χ0v) is 14.5. The van der Waals surface area contributed by atoms with Crippen molar-refractivity contribution in [3.63, 3.8) is 0 Å². The number of thiophene rings is 1. The molecule has 0 saturated carbocycles. The molecule has 1 fully saturated rings. The third-order valence-corrected chi connectivity index (χ3v) is 5.48. The van der Waals surface area contributed by atoms with Gasteiger partial charge in [-0.1, -0.05) is 36.4 Å². The van der Waals surface area contributed by atoms with Crippen molar-refractivity contribution < 1.29 is 4.79 Å². The smallest absolute Gasteiger partial charge is 0.236 e. The van der Waals surface area contributed by atoms with E-state index in [1.807, 2.05) is 18.0 Å². The van der Waals surface area contributed by atoms with Crippen LogP contribution in [0, 0.1) is 0 Å². The van der Waals surface area contributed by atoms with Crippen LogP contribution in [0.15, 0.2) is 47.8 Å². The first kappa shape index (κ1) is 16.2. The summed E-state index contributed by atoms with van der Waals surface area (Å²) in [5, 5.41) is 2.06. The van der Waals surface area contributed by atoms with Crippen LogP contribution in [0.5, 0.6) is 0 Å². The zero-order chi connectivity index (χ0) is 16.1. The van der Waals surface area contributed by atoms with Gasteiger partial charge in [0.25, 0.3) is 0 Å². The van der Waals surface area contributed by atoms with Crippen molar-refractivity contribution in [2.75, 3.05) is 26.7 Å². The predicted octanol–water partition coefficient (Wildman–Crippen LogP) is 3.59. The average molecular weight is 328 g/mol. The van der Waals surface area contributed by atoms with E-state index in [-0.39, 0.29) is 5.91 Å². The molecule has 23 heavy (non-hydrogen) atoms. The lowest BCUT2D eigenvalue weighted by atomic mass is 9.89. The molecule has 0 atom stereocenters. The molecule has 1 aliphatic heterocycles. The van der Waals surface area contributed by atoms with Crippen LogP contribution in [0.2, 0.25) is 0 Å². The van der Waals surface area contributed by atoms with E-state index in [9.17, 15) is 4.79 Å². The van der Waals surface area contributed by atoms with E-state index in [2.05, 4.69) is 46.7 Å². The fourth-order valence-corrected chi connectivity index (χ4v) is 3.94. The average Bonchev–Trinajstić information content (AvgIpc) is 3.09. The lowest BCUT2D eigenvalue weighted by Crippen LogP contribution is -2.41. The summed E-state index contributed by atoms with van der Waals surface area (Å²) in [4.78, 5) is 17.8. The van der Waals surface area contributed by atoms with Crippen LogP contribution in [0.4, 0.5) is 0 Å². The maximum absolute atomic E-state index is 12.4. The minimum absolute atomic E-state index is 0.219. The van der Waals surface area contributed by atoms with Crippen molar-refractivity contribution in [3.8, 4) is 0 Å². The quantitative estimate of drug-likeness (QED) is 0.837. The highest BCUT2D eigenvalue weighted by Gasteiger charge is 2.22. The summed E-state index contributed by atoms with van der Waals surface area (Å²) >= 11 is 1.71. The lowest BCUT2D eigenvalue weighted by Gasteiger charge is -2.32. The highest BCUT2D eigenvalue weighted by Crippen LogP contribution is 2.27. The van der Waals surface area contributed by atoms with Gasteiger partial charge in [-0.15, -0.1) is 11.3 Å². The van der Waals surface area contributed by atoms with E-state index in [1.165, 1.54) is 10.4 Å². The molecule has 1 aromatic carbocycles. The number of hydrogen-bond donors (Lipinski definition) is 0. The second-order valence-electron chi connectivity index (χ2n) is 6.29. The van der Waals surface area contributed by atoms with Gasteiger partial charge in [-0.05, 0) is 48.9 Å². The second-order valence-corrected chi connectivity index (χ2v) is 7.32. The second kappa shape index (κ2) is 7.75. The Labute approximate surface area is 142 Å². The Kier molecular flexibility index (Phi) is 5.47. The summed E-state index contributed by atoms with van der Waals surface area (Å²) in [6, 6.07) is 14.9. The molecule has 0 spiro atoms. The highest BCUT2D eigenvalue weighted by atomic mass is 32.1. The van der Waals surface area contributed by atoms with Crippen LogP contribution in [-0.4, -0.2) is 42.4 Å². The Morgan fingerprint density at radius 3 is 2.57 bits per heavy atom. The molecule has 1 saturated heterocycles. The molecular weight excluding hydrogens is 304 g/mol. The minimum atomic E-state index is 0.219. The number of amides is 1. The van der Waals surface area contributed by atoms with Crippen molar-refractivity contribution in [2.24, 2.45) is 0 Å². The normalized spacial score (nSPS) is 16.4. The van der Waals surface area contributed by atoms with Crippen molar-refractivity contribution in [3.05, 3.63) is 58.3 Å². The molecule has 1 amide bonds. The first-order valence-electron chi connectivity index (χ1n) is 8.26. The van der Waals surface area contributed by atoms with Crippen molar-refractivity contribution in [1.29, 1.82) is 0 Å². The molecule has 2 aromatic rings. The molecule has 0 bridgehead atoms. The van der Waals surface area contributed by atoms with Crippen LogP contribution in [0.1, 0.15) is 29.2 Å². The number of carbonyl (C=O) groups excluding carboxylic acids is 1. The summed E-state index contributed by atoms with van der Waals surface area (Å²) < 4.78 is 0.